The molecule has 2 atom stereocenters. The summed E-state index contributed by atoms with van der Waals surface area (Å²) in [7, 11) is 0. The van der Waals surface area contributed by atoms with Crippen LogP contribution < -0.4 is 0 Å². The SMILES string of the molecule is O=C(c1cccnc1)C1C(=Nc2ccccc2)SC(=NO)C1c1ccccc1. The minimum atomic E-state index is -0.581. The fourth-order valence-electron chi connectivity index (χ4n) is 3.27. The van der Waals surface area contributed by atoms with Gasteiger partial charge in [0.05, 0.1) is 22.6 Å². The molecule has 2 aromatic carbocycles. The third kappa shape index (κ3) is 3.59. The van der Waals surface area contributed by atoms with Crippen LogP contribution in [0.1, 0.15) is 21.8 Å². The molecule has 0 spiro atoms. The van der Waals surface area contributed by atoms with Crippen LogP contribution in [0.25, 0.3) is 0 Å². The first-order valence-electron chi connectivity index (χ1n) is 8.80. The van der Waals surface area contributed by atoms with Gasteiger partial charge in [-0.05, 0) is 29.8 Å². The number of carbonyl (C=O) groups excluding carboxylic acids is 1. The average molecular weight is 387 g/mol. The molecule has 0 radical (unpaired) electrons. The lowest BCUT2D eigenvalue weighted by Crippen LogP contribution is -2.25. The topological polar surface area (TPSA) is 74.9 Å². The molecule has 1 saturated heterocycles. The van der Waals surface area contributed by atoms with E-state index in [1.165, 1.54) is 11.8 Å². The van der Waals surface area contributed by atoms with Crippen molar-refractivity contribution in [3.8, 4) is 0 Å². The molecule has 1 aromatic heterocycles. The first-order valence-corrected chi connectivity index (χ1v) is 9.62. The van der Waals surface area contributed by atoms with Gasteiger partial charge in [0.15, 0.2) is 5.78 Å². The van der Waals surface area contributed by atoms with Gasteiger partial charge in [-0.25, -0.2) is 4.99 Å². The molecule has 1 aliphatic heterocycles. The molecule has 0 aliphatic carbocycles. The van der Waals surface area contributed by atoms with E-state index in [0.29, 0.717) is 15.7 Å². The molecular formula is C22H17N3O2S. The van der Waals surface area contributed by atoms with Crippen LogP contribution in [0.2, 0.25) is 0 Å². The van der Waals surface area contributed by atoms with Crippen molar-refractivity contribution in [2.75, 3.05) is 0 Å². The highest BCUT2D eigenvalue weighted by atomic mass is 32.2. The number of hydrogen-bond donors (Lipinski definition) is 1. The molecule has 5 nitrogen and oxygen atoms in total. The smallest absolute Gasteiger partial charge is 0.175 e. The Hall–Kier alpha value is -3.25. The predicted octanol–water partition coefficient (Wildman–Crippen LogP) is 4.93. The first kappa shape index (κ1) is 18.1. The van der Waals surface area contributed by atoms with Gasteiger partial charge in [0.1, 0.15) is 5.04 Å². The number of hydrogen-bond acceptors (Lipinski definition) is 6. The summed E-state index contributed by atoms with van der Waals surface area (Å²) in [5, 5.41) is 14.2. The number of thioether (sulfide) groups is 1. The van der Waals surface area contributed by atoms with E-state index in [9.17, 15) is 10.0 Å². The van der Waals surface area contributed by atoms with Gasteiger partial charge in [0, 0.05) is 18.0 Å². The number of aliphatic imine (C=N–C) groups is 1. The van der Waals surface area contributed by atoms with Crippen LogP contribution in [0, 0.1) is 5.92 Å². The zero-order valence-electron chi connectivity index (χ0n) is 14.8. The van der Waals surface area contributed by atoms with Gasteiger partial charge in [-0.15, -0.1) is 0 Å². The third-order valence-corrected chi connectivity index (χ3v) is 5.65. The molecule has 0 amide bonds. The Labute approximate surface area is 166 Å². The maximum atomic E-state index is 13.4. The van der Waals surface area contributed by atoms with E-state index in [-0.39, 0.29) is 5.78 Å². The van der Waals surface area contributed by atoms with Crippen molar-refractivity contribution in [2.24, 2.45) is 16.1 Å². The number of carbonyl (C=O) groups is 1. The fraction of sp³-hybridized carbons (Fsp3) is 0.0909. The van der Waals surface area contributed by atoms with Crippen molar-refractivity contribution in [2.45, 2.75) is 5.92 Å². The maximum Gasteiger partial charge on any atom is 0.175 e. The molecule has 1 N–H and O–H groups in total. The normalized spacial score (nSPS) is 21.9. The van der Waals surface area contributed by atoms with Crippen molar-refractivity contribution in [1.82, 2.24) is 4.98 Å². The van der Waals surface area contributed by atoms with E-state index in [4.69, 9.17) is 4.99 Å². The molecule has 2 heterocycles. The van der Waals surface area contributed by atoms with Gasteiger partial charge in [-0.2, -0.15) is 0 Å². The zero-order chi connectivity index (χ0) is 19.3. The van der Waals surface area contributed by atoms with Crippen LogP contribution in [-0.2, 0) is 0 Å². The number of rotatable bonds is 4. The van der Waals surface area contributed by atoms with Crippen molar-refractivity contribution < 1.29 is 10.0 Å². The number of aromatic nitrogens is 1. The van der Waals surface area contributed by atoms with Gasteiger partial charge in [0.2, 0.25) is 0 Å². The first-order chi connectivity index (χ1) is 13.8. The molecule has 1 aliphatic rings. The van der Waals surface area contributed by atoms with E-state index in [1.807, 2.05) is 60.7 Å². The molecule has 1 fully saturated rings. The van der Waals surface area contributed by atoms with Crippen molar-refractivity contribution in [1.29, 1.82) is 0 Å². The molecule has 6 heteroatoms. The lowest BCUT2D eigenvalue weighted by atomic mass is 9.83. The summed E-state index contributed by atoms with van der Waals surface area (Å²) in [5.74, 6) is -1.07. The summed E-state index contributed by atoms with van der Waals surface area (Å²) in [4.78, 5) is 22.2. The molecule has 3 aromatic rings. The van der Waals surface area contributed by atoms with Crippen LogP contribution in [0.5, 0.6) is 0 Å². The van der Waals surface area contributed by atoms with Crippen LogP contribution in [0.4, 0.5) is 5.69 Å². The summed E-state index contributed by atoms with van der Waals surface area (Å²) in [6.07, 6.45) is 3.19. The van der Waals surface area contributed by atoms with Gasteiger partial charge >= 0.3 is 0 Å². The van der Waals surface area contributed by atoms with Crippen LogP contribution >= 0.6 is 11.8 Å². The van der Waals surface area contributed by atoms with Crippen molar-refractivity contribution in [3.05, 3.63) is 96.3 Å². The Morgan fingerprint density at radius 1 is 0.929 bits per heavy atom. The van der Waals surface area contributed by atoms with E-state index < -0.39 is 11.8 Å². The monoisotopic (exact) mass is 387 g/mol. The molecule has 0 saturated carbocycles. The zero-order valence-corrected chi connectivity index (χ0v) is 15.7. The van der Waals surface area contributed by atoms with E-state index in [1.54, 1.807) is 24.5 Å². The second-order valence-electron chi connectivity index (χ2n) is 6.30. The highest BCUT2D eigenvalue weighted by Gasteiger charge is 2.45. The summed E-state index contributed by atoms with van der Waals surface area (Å²) >= 11 is 1.25. The highest BCUT2D eigenvalue weighted by Crippen LogP contribution is 2.44. The highest BCUT2D eigenvalue weighted by molar-refractivity contribution is 8.27. The molecule has 4 rings (SSSR count). The molecular weight excluding hydrogens is 370 g/mol. The maximum absolute atomic E-state index is 13.4. The Morgan fingerprint density at radius 3 is 2.29 bits per heavy atom. The molecule has 0 bridgehead atoms. The largest absolute Gasteiger partial charge is 0.410 e. The Balaban J connectivity index is 1.84. The predicted molar refractivity (Wildman–Crippen MR) is 112 cm³/mol. The lowest BCUT2D eigenvalue weighted by Gasteiger charge is -2.18. The molecule has 28 heavy (non-hydrogen) atoms. The van der Waals surface area contributed by atoms with Gasteiger partial charge in [0.25, 0.3) is 0 Å². The standard InChI is InChI=1S/C22H17N3O2S/c26-20(16-10-7-13-23-14-16)19-18(15-8-3-1-4-9-15)22(25-27)28-21(19)24-17-11-5-2-6-12-17/h1-14,18-19,27H. The average Bonchev–Trinajstić information content (AvgIpc) is 3.13. The van der Waals surface area contributed by atoms with Gasteiger partial charge in [-0.1, -0.05) is 65.4 Å². The second-order valence-corrected chi connectivity index (χ2v) is 7.34. The van der Waals surface area contributed by atoms with Crippen molar-refractivity contribution >= 4 is 33.3 Å². The number of benzene rings is 2. The Bertz CT molecular complexity index is 1020. The number of para-hydroxylation sites is 1. The quantitative estimate of drug-likeness (QED) is 0.391. The Kier molecular flexibility index (Phi) is 5.30. The van der Waals surface area contributed by atoms with Gasteiger partial charge in [-0.3, -0.25) is 9.78 Å². The summed E-state index contributed by atoms with van der Waals surface area (Å²) in [5.41, 5.74) is 2.16. The summed E-state index contributed by atoms with van der Waals surface area (Å²) in [6, 6.07) is 22.6. The number of ketones is 1. The minimum Gasteiger partial charge on any atom is -0.410 e. The Morgan fingerprint density at radius 2 is 1.64 bits per heavy atom. The molecule has 138 valence electrons. The number of Topliss-reactive ketones (excluding diaryl/α,β-unsaturated/α-hetero) is 1. The third-order valence-electron chi connectivity index (χ3n) is 4.56. The number of pyridine rings is 1. The van der Waals surface area contributed by atoms with Crippen LogP contribution in [0.3, 0.4) is 0 Å². The van der Waals surface area contributed by atoms with E-state index in [2.05, 4.69) is 10.1 Å². The van der Waals surface area contributed by atoms with E-state index >= 15 is 0 Å². The van der Waals surface area contributed by atoms with Crippen LogP contribution in [-0.4, -0.2) is 26.1 Å². The van der Waals surface area contributed by atoms with E-state index in [0.717, 1.165) is 11.3 Å². The lowest BCUT2D eigenvalue weighted by molar-refractivity contribution is 0.0952. The number of nitrogens with zero attached hydrogens (tertiary/aromatic N) is 3. The summed E-state index contributed by atoms with van der Waals surface area (Å²) < 4.78 is 0. The minimum absolute atomic E-state index is 0.0946. The second kappa shape index (κ2) is 8.19. The molecule has 2 unspecified atom stereocenters. The fourth-order valence-corrected chi connectivity index (χ4v) is 4.45. The van der Waals surface area contributed by atoms with Crippen LogP contribution in [0.15, 0.2) is 95.3 Å². The summed E-state index contributed by atoms with van der Waals surface area (Å²) in [6.45, 7) is 0. The van der Waals surface area contributed by atoms with Crippen molar-refractivity contribution in [3.63, 3.8) is 0 Å². The number of oxime groups is 1. The van der Waals surface area contributed by atoms with Gasteiger partial charge < -0.3 is 5.21 Å².